The zero-order valence-electron chi connectivity index (χ0n) is 15.1. The van der Waals surface area contributed by atoms with Crippen molar-refractivity contribution in [1.29, 1.82) is 0 Å². The van der Waals surface area contributed by atoms with Gasteiger partial charge in [0.2, 0.25) is 5.91 Å². The molecule has 2 aromatic heterocycles. The van der Waals surface area contributed by atoms with Crippen molar-refractivity contribution in [3.8, 4) is 0 Å². The molecule has 0 radical (unpaired) electrons. The van der Waals surface area contributed by atoms with E-state index in [-0.39, 0.29) is 24.3 Å². The van der Waals surface area contributed by atoms with Gasteiger partial charge in [0.1, 0.15) is 11.8 Å². The highest BCUT2D eigenvalue weighted by Gasteiger charge is 2.26. The molecular weight excluding hydrogens is 362 g/mol. The lowest BCUT2D eigenvalue weighted by Crippen LogP contribution is -2.52. The van der Waals surface area contributed by atoms with E-state index in [1.807, 2.05) is 24.3 Å². The highest BCUT2D eigenvalue weighted by molar-refractivity contribution is 5.97. The van der Waals surface area contributed by atoms with Crippen LogP contribution in [0.3, 0.4) is 0 Å². The van der Waals surface area contributed by atoms with Gasteiger partial charge >= 0.3 is 0 Å². The number of hydrogen-bond donors (Lipinski definition) is 1. The minimum Gasteiger partial charge on any atom is -0.472 e. The summed E-state index contributed by atoms with van der Waals surface area (Å²) in [6, 6.07) is 10.7. The molecule has 0 spiro atoms. The molecule has 0 saturated carbocycles. The van der Waals surface area contributed by atoms with Crippen LogP contribution in [0.2, 0.25) is 0 Å². The maximum absolute atomic E-state index is 12.7. The van der Waals surface area contributed by atoms with Gasteiger partial charge in [-0.1, -0.05) is 18.2 Å². The van der Waals surface area contributed by atoms with E-state index < -0.39 is 0 Å². The fourth-order valence-electron chi connectivity index (χ4n) is 3.17. The third-order valence-electron chi connectivity index (χ3n) is 4.74. The number of furan rings is 2. The number of amides is 3. The molecule has 144 valence electrons. The van der Waals surface area contributed by atoms with Crippen LogP contribution >= 0.6 is 0 Å². The zero-order valence-corrected chi connectivity index (χ0v) is 15.1. The van der Waals surface area contributed by atoms with Gasteiger partial charge in [0.05, 0.1) is 18.4 Å². The summed E-state index contributed by atoms with van der Waals surface area (Å²) in [5.41, 5.74) is 1.04. The molecule has 1 aliphatic rings. The van der Waals surface area contributed by atoms with Gasteiger partial charge in [0, 0.05) is 31.6 Å². The first-order chi connectivity index (χ1) is 13.6. The summed E-state index contributed by atoms with van der Waals surface area (Å²) < 4.78 is 10.5. The molecule has 0 bridgehead atoms. The lowest BCUT2D eigenvalue weighted by Gasteiger charge is -2.34. The maximum atomic E-state index is 12.7. The normalized spacial score (nSPS) is 14.3. The Morgan fingerprint density at radius 2 is 1.75 bits per heavy atom. The number of benzene rings is 1. The number of nitrogens with one attached hydrogen (secondary N) is 1. The second-order valence-corrected chi connectivity index (χ2v) is 6.52. The van der Waals surface area contributed by atoms with Gasteiger partial charge in [0.15, 0.2) is 5.76 Å². The molecule has 8 heteroatoms. The summed E-state index contributed by atoms with van der Waals surface area (Å²) in [5, 5.41) is 3.45. The maximum Gasteiger partial charge on any atom is 0.289 e. The average Bonchev–Trinajstić information content (AvgIpc) is 3.41. The summed E-state index contributed by atoms with van der Waals surface area (Å²) in [6.07, 6.45) is 2.72. The second-order valence-electron chi connectivity index (χ2n) is 6.52. The van der Waals surface area contributed by atoms with Crippen LogP contribution in [-0.2, 0) is 4.79 Å². The van der Waals surface area contributed by atoms with Gasteiger partial charge in [-0.2, -0.15) is 0 Å². The summed E-state index contributed by atoms with van der Waals surface area (Å²) >= 11 is 0. The van der Waals surface area contributed by atoms with E-state index in [9.17, 15) is 14.4 Å². The number of para-hydroxylation sites is 1. The Morgan fingerprint density at radius 3 is 2.46 bits per heavy atom. The van der Waals surface area contributed by atoms with Crippen LogP contribution in [0.4, 0.5) is 0 Å². The molecular formula is C20H19N3O5. The summed E-state index contributed by atoms with van der Waals surface area (Å²) in [7, 11) is 0. The highest BCUT2D eigenvalue weighted by atomic mass is 16.3. The number of fused-ring (bicyclic) bond motifs is 1. The minimum atomic E-state index is -0.360. The third kappa shape index (κ3) is 3.62. The first-order valence-corrected chi connectivity index (χ1v) is 8.98. The van der Waals surface area contributed by atoms with Crippen LogP contribution in [0.25, 0.3) is 11.0 Å². The third-order valence-corrected chi connectivity index (χ3v) is 4.74. The summed E-state index contributed by atoms with van der Waals surface area (Å²) in [5.74, 6) is -0.432. The number of piperazine rings is 1. The van der Waals surface area contributed by atoms with Gasteiger partial charge in [-0.05, 0) is 18.2 Å². The van der Waals surface area contributed by atoms with E-state index in [4.69, 9.17) is 8.83 Å². The van der Waals surface area contributed by atoms with Gasteiger partial charge in [-0.3, -0.25) is 14.4 Å². The monoisotopic (exact) mass is 381 g/mol. The number of carbonyl (C=O) groups excluding carboxylic acids is 3. The standard InChI is InChI=1S/C20H19N3O5/c24-18(12-21-19(25)15-5-10-27-13-15)22-6-8-23(9-7-22)20(26)17-11-14-3-1-2-4-16(14)28-17/h1-5,10-11,13H,6-9,12H2,(H,21,25). The Kier molecular flexibility index (Phi) is 4.84. The van der Waals surface area contributed by atoms with Crippen LogP contribution in [0.5, 0.6) is 0 Å². The average molecular weight is 381 g/mol. The zero-order chi connectivity index (χ0) is 19.5. The van der Waals surface area contributed by atoms with Gasteiger partial charge in [-0.25, -0.2) is 0 Å². The summed E-state index contributed by atoms with van der Waals surface area (Å²) in [4.78, 5) is 40.1. The molecule has 1 N–H and O–H groups in total. The van der Waals surface area contributed by atoms with E-state index in [2.05, 4.69) is 5.32 Å². The summed E-state index contributed by atoms with van der Waals surface area (Å²) in [6.45, 7) is 1.55. The van der Waals surface area contributed by atoms with Crippen LogP contribution in [0.1, 0.15) is 20.9 Å². The molecule has 1 aromatic carbocycles. The number of carbonyl (C=O) groups is 3. The molecule has 3 heterocycles. The van der Waals surface area contributed by atoms with E-state index in [1.165, 1.54) is 18.6 Å². The smallest absolute Gasteiger partial charge is 0.289 e. The minimum absolute atomic E-state index is 0.0957. The predicted octanol–water partition coefficient (Wildman–Crippen LogP) is 1.74. The lowest BCUT2D eigenvalue weighted by molar-refractivity contribution is -0.131. The van der Waals surface area contributed by atoms with Crippen molar-refractivity contribution < 1.29 is 23.2 Å². The Hall–Kier alpha value is -3.55. The molecule has 1 fully saturated rings. The molecule has 28 heavy (non-hydrogen) atoms. The molecule has 1 aliphatic heterocycles. The van der Waals surface area contributed by atoms with Crippen molar-refractivity contribution in [1.82, 2.24) is 15.1 Å². The van der Waals surface area contributed by atoms with E-state index >= 15 is 0 Å². The van der Waals surface area contributed by atoms with Crippen molar-refractivity contribution in [3.63, 3.8) is 0 Å². The first-order valence-electron chi connectivity index (χ1n) is 8.98. The topological polar surface area (TPSA) is 96.0 Å². The number of rotatable bonds is 4. The SMILES string of the molecule is O=C(NCC(=O)N1CCN(C(=O)c2cc3ccccc3o2)CC1)c1ccoc1. The molecule has 8 nitrogen and oxygen atoms in total. The molecule has 1 saturated heterocycles. The van der Waals surface area contributed by atoms with Crippen molar-refractivity contribution in [2.75, 3.05) is 32.7 Å². The predicted molar refractivity (Wildman–Crippen MR) is 99.7 cm³/mol. The molecule has 0 aliphatic carbocycles. The fraction of sp³-hybridized carbons (Fsp3) is 0.250. The molecule has 0 atom stereocenters. The van der Waals surface area contributed by atoms with Crippen molar-refractivity contribution in [3.05, 3.63) is 60.2 Å². The lowest BCUT2D eigenvalue weighted by atomic mass is 10.2. The number of hydrogen-bond acceptors (Lipinski definition) is 5. The van der Waals surface area contributed by atoms with Crippen molar-refractivity contribution in [2.24, 2.45) is 0 Å². The van der Waals surface area contributed by atoms with E-state index in [1.54, 1.807) is 15.9 Å². The highest BCUT2D eigenvalue weighted by Crippen LogP contribution is 2.20. The van der Waals surface area contributed by atoms with Crippen molar-refractivity contribution >= 4 is 28.7 Å². The Balaban J connectivity index is 1.29. The van der Waals surface area contributed by atoms with Crippen LogP contribution in [-0.4, -0.2) is 60.2 Å². The Morgan fingerprint density at radius 1 is 1.00 bits per heavy atom. The van der Waals surface area contributed by atoms with Crippen LogP contribution in [0.15, 0.2) is 57.8 Å². The largest absolute Gasteiger partial charge is 0.472 e. The quantitative estimate of drug-likeness (QED) is 0.743. The molecule has 3 aromatic rings. The Labute approximate surface area is 160 Å². The van der Waals surface area contributed by atoms with Gasteiger partial charge in [-0.15, -0.1) is 0 Å². The van der Waals surface area contributed by atoms with E-state index in [0.29, 0.717) is 43.1 Å². The fourth-order valence-corrected chi connectivity index (χ4v) is 3.17. The van der Waals surface area contributed by atoms with Crippen LogP contribution in [0, 0.1) is 0 Å². The first kappa shape index (κ1) is 17.8. The second kappa shape index (κ2) is 7.59. The van der Waals surface area contributed by atoms with Gasteiger partial charge in [0.25, 0.3) is 11.8 Å². The molecule has 3 amide bonds. The van der Waals surface area contributed by atoms with Crippen molar-refractivity contribution in [2.45, 2.75) is 0 Å². The van der Waals surface area contributed by atoms with Gasteiger partial charge < -0.3 is 24.0 Å². The number of nitrogens with zero attached hydrogens (tertiary/aromatic N) is 2. The van der Waals surface area contributed by atoms with Crippen LogP contribution < -0.4 is 5.32 Å². The Bertz CT molecular complexity index is 967. The molecule has 0 unspecified atom stereocenters. The van der Waals surface area contributed by atoms with E-state index in [0.717, 1.165) is 5.39 Å². The molecule has 4 rings (SSSR count).